The minimum absolute atomic E-state index is 0.656. The van der Waals surface area contributed by atoms with Gasteiger partial charge < -0.3 is 4.90 Å². The number of nitrogens with zero attached hydrogens (tertiary/aromatic N) is 1. The third kappa shape index (κ3) is 3.86. The molecule has 0 heterocycles. The van der Waals surface area contributed by atoms with Crippen LogP contribution in [0.3, 0.4) is 0 Å². The molecule has 0 aliphatic rings. The molecule has 0 aliphatic heterocycles. The summed E-state index contributed by atoms with van der Waals surface area (Å²) in [5, 5.41) is 0.656. The maximum atomic E-state index is 10.8. The summed E-state index contributed by atoms with van der Waals surface area (Å²) in [6, 6.07) is 5.39. The number of carbonyl (C=O) groups excluding carboxylic acids is 1. The average molecular weight is 244 g/mol. The van der Waals surface area contributed by atoms with E-state index in [9.17, 15) is 4.79 Å². The SMILES string of the molecule is CN(C)CCSc1c(Cl)cccc1C=O. The monoisotopic (exact) mass is 243 g/mol. The summed E-state index contributed by atoms with van der Waals surface area (Å²) in [6.45, 7) is 0.966. The van der Waals surface area contributed by atoms with Crippen LogP contribution < -0.4 is 0 Å². The van der Waals surface area contributed by atoms with Crippen molar-refractivity contribution in [3.8, 4) is 0 Å². The molecule has 0 aromatic heterocycles. The molecule has 0 N–H and O–H groups in total. The highest BCUT2D eigenvalue weighted by atomic mass is 35.5. The van der Waals surface area contributed by atoms with Crippen molar-refractivity contribution in [1.82, 2.24) is 4.90 Å². The molecule has 2 nitrogen and oxygen atoms in total. The molecule has 82 valence electrons. The van der Waals surface area contributed by atoms with E-state index in [1.54, 1.807) is 23.9 Å². The Balaban J connectivity index is 2.70. The molecule has 0 amide bonds. The fraction of sp³-hybridized carbons (Fsp3) is 0.364. The Kier molecular flexibility index (Phi) is 5.15. The van der Waals surface area contributed by atoms with E-state index in [0.29, 0.717) is 10.6 Å². The molecule has 0 saturated heterocycles. The minimum Gasteiger partial charge on any atom is -0.309 e. The first-order chi connectivity index (χ1) is 7.15. The van der Waals surface area contributed by atoms with Crippen molar-refractivity contribution in [1.29, 1.82) is 0 Å². The lowest BCUT2D eigenvalue weighted by atomic mass is 10.2. The third-order valence-electron chi connectivity index (χ3n) is 1.91. The van der Waals surface area contributed by atoms with Gasteiger partial charge in [0.1, 0.15) is 0 Å². The molecular weight excluding hydrogens is 230 g/mol. The predicted octanol–water partition coefficient (Wildman–Crippen LogP) is 2.81. The molecule has 0 fully saturated rings. The number of benzene rings is 1. The molecule has 0 bridgehead atoms. The van der Waals surface area contributed by atoms with Gasteiger partial charge in [-0.05, 0) is 20.2 Å². The summed E-state index contributed by atoms with van der Waals surface area (Å²) in [7, 11) is 4.04. The van der Waals surface area contributed by atoms with Crippen LogP contribution in [-0.4, -0.2) is 37.6 Å². The topological polar surface area (TPSA) is 20.3 Å². The Morgan fingerprint density at radius 3 is 2.80 bits per heavy atom. The van der Waals surface area contributed by atoms with Crippen molar-refractivity contribution in [2.75, 3.05) is 26.4 Å². The van der Waals surface area contributed by atoms with E-state index in [2.05, 4.69) is 4.90 Å². The van der Waals surface area contributed by atoms with Crippen LogP contribution in [0.15, 0.2) is 23.1 Å². The summed E-state index contributed by atoms with van der Waals surface area (Å²) in [4.78, 5) is 13.8. The van der Waals surface area contributed by atoms with Gasteiger partial charge in [-0.15, -0.1) is 11.8 Å². The van der Waals surface area contributed by atoms with Crippen molar-refractivity contribution < 1.29 is 4.79 Å². The molecule has 0 radical (unpaired) electrons. The van der Waals surface area contributed by atoms with E-state index in [1.165, 1.54) is 0 Å². The summed E-state index contributed by atoms with van der Waals surface area (Å²) in [5.41, 5.74) is 0.672. The van der Waals surface area contributed by atoms with Gasteiger partial charge in [0.2, 0.25) is 0 Å². The van der Waals surface area contributed by atoms with Gasteiger partial charge in [0, 0.05) is 22.8 Å². The molecule has 0 unspecified atom stereocenters. The smallest absolute Gasteiger partial charge is 0.151 e. The quantitative estimate of drug-likeness (QED) is 0.586. The summed E-state index contributed by atoms with van der Waals surface area (Å²) in [6.07, 6.45) is 0.851. The van der Waals surface area contributed by atoms with Crippen LogP contribution in [0.4, 0.5) is 0 Å². The molecular formula is C11H14ClNOS. The Labute approximate surface area is 99.6 Å². The van der Waals surface area contributed by atoms with Gasteiger partial charge in [0.15, 0.2) is 6.29 Å². The van der Waals surface area contributed by atoms with Gasteiger partial charge in [0.25, 0.3) is 0 Å². The maximum absolute atomic E-state index is 10.8. The Morgan fingerprint density at radius 1 is 1.47 bits per heavy atom. The van der Waals surface area contributed by atoms with Crippen LogP contribution in [0.25, 0.3) is 0 Å². The van der Waals surface area contributed by atoms with Crippen LogP contribution in [0.2, 0.25) is 5.02 Å². The van der Waals surface area contributed by atoms with E-state index < -0.39 is 0 Å². The summed E-state index contributed by atoms with van der Waals surface area (Å²) < 4.78 is 0. The predicted molar refractivity (Wildman–Crippen MR) is 66.1 cm³/mol. The van der Waals surface area contributed by atoms with E-state index in [1.807, 2.05) is 20.2 Å². The molecule has 15 heavy (non-hydrogen) atoms. The van der Waals surface area contributed by atoms with Gasteiger partial charge in [-0.3, -0.25) is 4.79 Å². The van der Waals surface area contributed by atoms with Crippen LogP contribution in [-0.2, 0) is 0 Å². The zero-order valence-corrected chi connectivity index (χ0v) is 10.4. The molecule has 0 saturated carbocycles. The van der Waals surface area contributed by atoms with Gasteiger partial charge in [-0.1, -0.05) is 23.7 Å². The molecule has 0 aliphatic carbocycles. The number of rotatable bonds is 5. The Hall–Kier alpha value is -0.510. The zero-order chi connectivity index (χ0) is 11.3. The van der Waals surface area contributed by atoms with Crippen molar-refractivity contribution >= 4 is 29.6 Å². The van der Waals surface area contributed by atoms with Gasteiger partial charge in [0.05, 0.1) is 5.02 Å². The van der Waals surface area contributed by atoms with E-state index in [-0.39, 0.29) is 0 Å². The highest BCUT2D eigenvalue weighted by Crippen LogP contribution is 2.29. The first kappa shape index (κ1) is 12.6. The Bertz CT molecular complexity index is 341. The number of halogens is 1. The van der Waals surface area contributed by atoms with Crippen molar-refractivity contribution in [2.24, 2.45) is 0 Å². The summed E-state index contributed by atoms with van der Waals surface area (Å²) in [5.74, 6) is 0.928. The van der Waals surface area contributed by atoms with Crippen LogP contribution in [0, 0.1) is 0 Å². The standard InChI is InChI=1S/C11H14ClNOS/c1-13(2)6-7-15-11-9(8-14)4-3-5-10(11)12/h3-5,8H,6-7H2,1-2H3. The first-order valence-corrected chi connectivity index (χ1v) is 6.02. The number of hydrogen-bond acceptors (Lipinski definition) is 3. The van der Waals surface area contributed by atoms with E-state index in [0.717, 1.165) is 23.5 Å². The molecule has 0 atom stereocenters. The van der Waals surface area contributed by atoms with Crippen LogP contribution in [0.1, 0.15) is 10.4 Å². The lowest BCUT2D eigenvalue weighted by molar-refractivity contribution is 0.112. The van der Waals surface area contributed by atoms with E-state index in [4.69, 9.17) is 11.6 Å². The number of hydrogen-bond donors (Lipinski definition) is 0. The second-order valence-corrected chi connectivity index (χ2v) is 4.94. The molecule has 1 rings (SSSR count). The number of aldehydes is 1. The average Bonchev–Trinajstić information content (AvgIpc) is 2.20. The first-order valence-electron chi connectivity index (χ1n) is 4.66. The third-order valence-corrected chi connectivity index (χ3v) is 3.47. The second-order valence-electron chi connectivity index (χ2n) is 3.43. The minimum atomic E-state index is 0.656. The molecule has 0 spiro atoms. The Morgan fingerprint density at radius 2 is 2.20 bits per heavy atom. The molecule has 4 heteroatoms. The zero-order valence-electron chi connectivity index (χ0n) is 8.87. The maximum Gasteiger partial charge on any atom is 0.151 e. The highest BCUT2D eigenvalue weighted by molar-refractivity contribution is 7.99. The van der Waals surface area contributed by atoms with Crippen molar-refractivity contribution in [3.63, 3.8) is 0 Å². The van der Waals surface area contributed by atoms with Gasteiger partial charge in [-0.25, -0.2) is 0 Å². The highest BCUT2D eigenvalue weighted by Gasteiger charge is 2.06. The number of carbonyl (C=O) groups is 1. The van der Waals surface area contributed by atoms with Crippen molar-refractivity contribution in [2.45, 2.75) is 4.90 Å². The van der Waals surface area contributed by atoms with Crippen LogP contribution in [0.5, 0.6) is 0 Å². The summed E-state index contributed by atoms with van der Waals surface area (Å²) >= 11 is 7.65. The van der Waals surface area contributed by atoms with Crippen molar-refractivity contribution in [3.05, 3.63) is 28.8 Å². The van der Waals surface area contributed by atoms with Gasteiger partial charge >= 0.3 is 0 Å². The van der Waals surface area contributed by atoms with E-state index >= 15 is 0 Å². The fourth-order valence-electron chi connectivity index (χ4n) is 1.10. The molecule has 1 aromatic carbocycles. The molecule has 1 aromatic rings. The lowest BCUT2D eigenvalue weighted by Gasteiger charge is -2.10. The normalized spacial score (nSPS) is 10.7. The largest absolute Gasteiger partial charge is 0.309 e. The fourth-order valence-corrected chi connectivity index (χ4v) is 2.60. The lowest BCUT2D eigenvalue weighted by Crippen LogP contribution is -2.14. The number of thioether (sulfide) groups is 1. The second kappa shape index (κ2) is 6.16. The van der Waals surface area contributed by atoms with Gasteiger partial charge in [-0.2, -0.15) is 0 Å². The van der Waals surface area contributed by atoms with Crippen LogP contribution >= 0.6 is 23.4 Å².